The quantitative estimate of drug-likeness (QED) is 0.875. The zero-order valence-electron chi connectivity index (χ0n) is 13.2. The number of ether oxygens (including phenoxy) is 1. The highest BCUT2D eigenvalue weighted by Crippen LogP contribution is 2.29. The van der Waals surface area contributed by atoms with Gasteiger partial charge in [-0.05, 0) is 20.3 Å². The molecule has 0 bridgehead atoms. The van der Waals surface area contributed by atoms with Gasteiger partial charge in [0, 0.05) is 25.3 Å². The Bertz CT molecular complexity index is 580. The number of rotatable bonds is 6. The van der Waals surface area contributed by atoms with Crippen LogP contribution in [0.5, 0.6) is 0 Å². The van der Waals surface area contributed by atoms with Crippen LogP contribution in [0.3, 0.4) is 0 Å². The smallest absolute Gasteiger partial charge is 0.162 e. The molecule has 21 heavy (non-hydrogen) atoms. The maximum atomic E-state index is 5.64. The van der Waals surface area contributed by atoms with Crippen LogP contribution in [0.15, 0.2) is 36.4 Å². The number of benzene rings is 1. The second-order valence-electron chi connectivity index (χ2n) is 5.15. The number of hydrogen-bond acceptors (Lipinski definition) is 4. The van der Waals surface area contributed by atoms with Crippen LogP contribution in [0.1, 0.15) is 33.0 Å². The Morgan fingerprint density at radius 2 is 1.86 bits per heavy atom. The molecule has 4 nitrogen and oxygen atoms in total. The van der Waals surface area contributed by atoms with Gasteiger partial charge in [-0.2, -0.15) is 0 Å². The van der Waals surface area contributed by atoms with E-state index in [1.165, 1.54) is 0 Å². The van der Waals surface area contributed by atoms with E-state index < -0.39 is 5.60 Å². The van der Waals surface area contributed by atoms with Crippen molar-refractivity contribution in [3.63, 3.8) is 0 Å². The summed E-state index contributed by atoms with van der Waals surface area (Å²) in [5.41, 5.74) is 1.51. The van der Waals surface area contributed by atoms with E-state index in [2.05, 4.69) is 36.3 Å². The summed E-state index contributed by atoms with van der Waals surface area (Å²) in [6.07, 6.45) is 0.813. The number of hydrogen-bond donors (Lipinski definition) is 1. The van der Waals surface area contributed by atoms with Crippen LogP contribution < -0.4 is 5.32 Å². The van der Waals surface area contributed by atoms with E-state index in [0.717, 1.165) is 30.0 Å². The van der Waals surface area contributed by atoms with Crippen molar-refractivity contribution in [3.05, 3.63) is 42.2 Å². The minimum atomic E-state index is -0.477. The maximum absolute atomic E-state index is 5.64. The molecule has 1 aromatic carbocycles. The lowest BCUT2D eigenvalue weighted by molar-refractivity contribution is -0.00877. The lowest BCUT2D eigenvalue weighted by atomic mass is 10.0. The lowest BCUT2D eigenvalue weighted by Crippen LogP contribution is -2.27. The SMILES string of the molecule is CCNc1cc(-c2ccccc2)nc(C(C)(CC)OC)n1. The van der Waals surface area contributed by atoms with Gasteiger partial charge in [-0.1, -0.05) is 37.3 Å². The lowest BCUT2D eigenvalue weighted by Gasteiger charge is -2.25. The molecule has 1 N–H and O–H groups in total. The Kier molecular flexibility index (Phi) is 4.91. The fourth-order valence-corrected chi connectivity index (χ4v) is 2.11. The first-order valence-electron chi connectivity index (χ1n) is 7.37. The predicted octanol–water partition coefficient (Wildman–Crippen LogP) is 3.85. The highest BCUT2D eigenvalue weighted by molar-refractivity contribution is 5.62. The van der Waals surface area contributed by atoms with Gasteiger partial charge in [0.2, 0.25) is 0 Å². The van der Waals surface area contributed by atoms with Gasteiger partial charge in [0.05, 0.1) is 5.69 Å². The first-order chi connectivity index (χ1) is 10.1. The second kappa shape index (κ2) is 6.68. The Balaban J connectivity index is 2.54. The molecule has 0 spiro atoms. The maximum Gasteiger partial charge on any atom is 0.162 e. The highest BCUT2D eigenvalue weighted by Gasteiger charge is 2.28. The fraction of sp³-hybridized carbons (Fsp3) is 0.412. The molecular weight excluding hydrogens is 262 g/mol. The zero-order chi connectivity index (χ0) is 15.3. The van der Waals surface area contributed by atoms with Crippen LogP contribution in [-0.2, 0) is 10.3 Å². The summed E-state index contributed by atoms with van der Waals surface area (Å²) in [4.78, 5) is 9.34. The second-order valence-corrected chi connectivity index (χ2v) is 5.15. The van der Waals surface area contributed by atoms with Gasteiger partial charge in [0.1, 0.15) is 11.4 Å². The van der Waals surface area contributed by atoms with E-state index in [-0.39, 0.29) is 0 Å². The third-order valence-electron chi connectivity index (χ3n) is 3.75. The van der Waals surface area contributed by atoms with E-state index in [1.54, 1.807) is 7.11 Å². The van der Waals surface area contributed by atoms with Crippen LogP contribution in [0, 0.1) is 0 Å². The number of aromatic nitrogens is 2. The fourth-order valence-electron chi connectivity index (χ4n) is 2.11. The predicted molar refractivity (Wildman–Crippen MR) is 86.3 cm³/mol. The Morgan fingerprint density at radius 3 is 2.43 bits per heavy atom. The molecular formula is C17H23N3O. The monoisotopic (exact) mass is 285 g/mol. The zero-order valence-corrected chi connectivity index (χ0v) is 13.2. The van der Waals surface area contributed by atoms with E-state index in [0.29, 0.717) is 5.82 Å². The summed E-state index contributed by atoms with van der Waals surface area (Å²) in [5.74, 6) is 1.54. The van der Waals surface area contributed by atoms with Crippen molar-refractivity contribution in [1.82, 2.24) is 9.97 Å². The summed E-state index contributed by atoms with van der Waals surface area (Å²) in [7, 11) is 1.70. The largest absolute Gasteiger partial charge is 0.371 e. The van der Waals surface area contributed by atoms with E-state index >= 15 is 0 Å². The van der Waals surface area contributed by atoms with E-state index in [4.69, 9.17) is 9.72 Å². The van der Waals surface area contributed by atoms with Crippen LogP contribution in [0.4, 0.5) is 5.82 Å². The van der Waals surface area contributed by atoms with Crippen LogP contribution in [-0.4, -0.2) is 23.6 Å². The molecule has 1 heterocycles. The number of anilines is 1. The number of nitrogens with zero attached hydrogens (tertiary/aromatic N) is 2. The number of methoxy groups -OCH3 is 1. The third-order valence-corrected chi connectivity index (χ3v) is 3.75. The molecule has 4 heteroatoms. The molecule has 1 atom stereocenters. The van der Waals surface area contributed by atoms with Gasteiger partial charge < -0.3 is 10.1 Å². The minimum Gasteiger partial charge on any atom is -0.371 e. The summed E-state index contributed by atoms with van der Waals surface area (Å²) in [6, 6.07) is 12.1. The standard InChI is InChI=1S/C17H23N3O/c1-5-17(3,21-4)16-19-14(12-15(20-16)18-6-2)13-10-8-7-9-11-13/h7-12H,5-6H2,1-4H3,(H,18,19,20). The molecule has 0 aliphatic heterocycles. The van der Waals surface area contributed by atoms with Crippen LogP contribution >= 0.6 is 0 Å². The summed E-state index contributed by atoms with van der Waals surface area (Å²) < 4.78 is 5.64. The molecule has 1 unspecified atom stereocenters. The van der Waals surface area contributed by atoms with Gasteiger partial charge in [0.25, 0.3) is 0 Å². The molecule has 0 amide bonds. The molecule has 112 valence electrons. The van der Waals surface area contributed by atoms with Gasteiger partial charge in [-0.15, -0.1) is 0 Å². The Hall–Kier alpha value is -1.94. The van der Waals surface area contributed by atoms with Crippen molar-refractivity contribution in [2.75, 3.05) is 19.0 Å². The summed E-state index contributed by atoms with van der Waals surface area (Å²) >= 11 is 0. The molecule has 0 saturated heterocycles. The van der Waals surface area contributed by atoms with Crippen molar-refractivity contribution in [2.24, 2.45) is 0 Å². The van der Waals surface area contributed by atoms with Crippen molar-refractivity contribution in [3.8, 4) is 11.3 Å². The van der Waals surface area contributed by atoms with Crippen LogP contribution in [0.25, 0.3) is 11.3 Å². The minimum absolute atomic E-state index is 0.477. The molecule has 1 aromatic heterocycles. The molecule has 2 aromatic rings. The summed E-state index contributed by atoms with van der Waals surface area (Å²) in [6.45, 7) is 6.97. The molecule has 0 fully saturated rings. The number of nitrogens with one attached hydrogen (secondary N) is 1. The Labute approximate surface area is 126 Å². The van der Waals surface area contributed by atoms with Gasteiger partial charge in [0.15, 0.2) is 5.82 Å². The highest BCUT2D eigenvalue weighted by atomic mass is 16.5. The topological polar surface area (TPSA) is 47.0 Å². The van der Waals surface area contributed by atoms with E-state index in [1.807, 2.05) is 31.2 Å². The molecule has 0 aliphatic carbocycles. The Morgan fingerprint density at radius 1 is 1.14 bits per heavy atom. The van der Waals surface area contributed by atoms with Crippen molar-refractivity contribution in [1.29, 1.82) is 0 Å². The third kappa shape index (κ3) is 3.39. The average Bonchev–Trinajstić information content (AvgIpc) is 2.55. The average molecular weight is 285 g/mol. The normalized spacial score (nSPS) is 13.7. The van der Waals surface area contributed by atoms with Crippen molar-refractivity contribution >= 4 is 5.82 Å². The first-order valence-corrected chi connectivity index (χ1v) is 7.37. The van der Waals surface area contributed by atoms with Crippen molar-refractivity contribution < 1.29 is 4.74 Å². The molecule has 2 rings (SSSR count). The first kappa shape index (κ1) is 15.4. The van der Waals surface area contributed by atoms with Gasteiger partial charge in [-0.3, -0.25) is 0 Å². The van der Waals surface area contributed by atoms with Crippen molar-refractivity contribution in [2.45, 2.75) is 32.8 Å². The molecule has 0 radical (unpaired) electrons. The van der Waals surface area contributed by atoms with Crippen LogP contribution in [0.2, 0.25) is 0 Å². The van der Waals surface area contributed by atoms with Gasteiger partial charge in [-0.25, -0.2) is 9.97 Å². The molecule has 0 aliphatic rings. The van der Waals surface area contributed by atoms with E-state index in [9.17, 15) is 0 Å². The van der Waals surface area contributed by atoms with Gasteiger partial charge >= 0.3 is 0 Å². The molecule has 0 saturated carbocycles. The summed E-state index contributed by atoms with van der Waals surface area (Å²) in [5, 5.41) is 3.27.